The Labute approximate surface area is 124 Å². The van der Waals surface area contributed by atoms with E-state index in [-0.39, 0.29) is 5.95 Å². The fraction of sp³-hybridized carbons (Fsp3) is 0.545. The monoisotopic (exact) mass is 315 g/mol. The van der Waals surface area contributed by atoms with Gasteiger partial charge in [-0.3, -0.25) is 4.57 Å². The summed E-state index contributed by atoms with van der Waals surface area (Å²) < 4.78 is 6.53. The molecule has 4 atom stereocenters. The zero-order valence-corrected chi connectivity index (χ0v) is 11.6. The standard InChI is InChI=1S/C11H14ClN5O4/c12-2-1-11(14)6(3-18)7(4-19)21-8(11)17-5-15-9(13)16-10(17)20/h5-8,18-19H,3-4,14H2,(H2,13,16,20)/t6?,7-,8-,11?/m1/s1. The predicted molar refractivity (Wildman–Crippen MR) is 72.8 cm³/mol. The topological polar surface area (TPSA) is 150 Å². The Morgan fingerprint density at radius 1 is 1.52 bits per heavy atom. The zero-order valence-electron chi connectivity index (χ0n) is 10.8. The summed E-state index contributed by atoms with van der Waals surface area (Å²) in [7, 11) is 0. The van der Waals surface area contributed by atoms with Crippen molar-refractivity contribution >= 4 is 17.5 Å². The minimum Gasteiger partial charge on any atom is -0.396 e. The van der Waals surface area contributed by atoms with Gasteiger partial charge < -0.3 is 26.4 Å². The maximum atomic E-state index is 11.9. The number of aromatic nitrogens is 3. The largest absolute Gasteiger partial charge is 0.396 e. The lowest BCUT2D eigenvalue weighted by Crippen LogP contribution is -2.53. The van der Waals surface area contributed by atoms with Gasteiger partial charge in [-0.2, -0.15) is 4.98 Å². The maximum Gasteiger partial charge on any atom is 0.354 e. The molecule has 1 fully saturated rings. The lowest BCUT2D eigenvalue weighted by Gasteiger charge is -2.29. The normalized spacial score (nSPS) is 31.7. The molecule has 0 aliphatic carbocycles. The van der Waals surface area contributed by atoms with Crippen LogP contribution in [0.2, 0.25) is 0 Å². The van der Waals surface area contributed by atoms with E-state index in [0.29, 0.717) is 0 Å². The van der Waals surface area contributed by atoms with Gasteiger partial charge in [-0.25, -0.2) is 9.78 Å². The van der Waals surface area contributed by atoms with E-state index in [4.69, 9.17) is 27.8 Å². The quantitative estimate of drug-likeness (QED) is 0.451. The van der Waals surface area contributed by atoms with Crippen molar-refractivity contribution in [3.8, 4) is 11.3 Å². The smallest absolute Gasteiger partial charge is 0.354 e. The molecule has 0 bridgehead atoms. The summed E-state index contributed by atoms with van der Waals surface area (Å²) in [4.78, 5) is 19.1. The number of hydrogen-bond acceptors (Lipinski definition) is 8. The van der Waals surface area contributed by atoms with Gasteiger partial charge in [0.1, 0.15) is 11.9 Å². The molecular weight excluding hydrogens is 302 g/mol. The molecule has 6 N–H and O–H groups in total. The minimum atomic E-state index is -1.49. The van der Waals surface area contributed by atoms with E-state index in [9.17, 15) is 15.0 Å². The molecule has 0 radical (unpaired) electrons. The number of rotatable bonds is 3. The molecule has 10 heteroatoms. The Kier molecular flexibility index (Phi) is 4.46. The van der Waals surface area contributed by atoms with Crippen molar-refractivity contribution in [3.63, 3.8) is 0 Å². The van der Waals surface area contributed by atoms with E-state index >= 15 is 0 Å². The first-order valence-electron chi connectivity index (χ1n) is 5.97. The maximum absolute atomic E-state index is 11.9. The number of nitrogen functional groups attached to an aromatic ring is 1. The molecule has 2 heterocycles. The fourth-order valence-electron chi connectivity index (χ4n) is 2.35. The van der Waals surface area contributed by atoms with Crippen LogP contribution in [0.3, 0.4) is 0 Å². The van der Waals surface area contributed by atoms with Crippen molar-refractivity contribution in [1.82, 2.24) is 14.5 Å². The van der Waals surface area contributed by atoms with Gasteiger partial charge in [-0.15, -0.1) is 0 Å². The average Bonchev–Trinajstić information content (AvgIpc) is 2.71. The van der Waals surface area contributed by atoms with E-state index in [2.05, 4.69) is 21.3 Å². The van der Waals surface area contributed by atoms with Gasteiger partial charge >= 0.3 is 5.69 Å². The van der Waals surface area contributed by atoms with E-state index < -0.39 is 42.7 Å². The van der Waals surface area contributed by atoms with Gasteiger partial charge in [0, 0.05) is 11.3 Å². The summed E-state index contributed by atoms with van der Waals surface area (Å²) in [6.45, 7) is -0.816. The van der Waals surface area contributed by atoms with Crippen LogP contribution < -0.4 is 17.2 Å². The second kappa shape index (κ2) is 5.97. The Morgan fingerprint density at radius 2 is 2.24 bits per heavy atom. The van der Waals surface area contributed by atoms with Crippen LogP contribution in [0.1, 0.15) is 6.23 Å². The van der Waals surface area contributed by atoms with Gasteiger partial charge in [-0.1, -0.05) is 5.92 Å². The van der Waals surface area contributed by atoms with Crippen LogP contribution in [0.4, 0.5) is 5.95 Å². The summed E-state index contributed by atoms with van der Waals surface area (Å²) in [6, 6.07) is 0. The highest BCUT2D eigenvalue weighted by Gasteiger charge is 2.54. The lowest BCUT2D eigenvalue weighted by atomic mass is 9.83. The summed E-state index contributed by atoms with van der Waals surface area (Å²) in [6.07, 6.45) is -0.820. The molecule has 0 aromatic carbocycles. The number of aliphatic hydroxyl groups excluding tert-OH is 2. The first-order chi connectivity index (χ1) is 9.97. The summed E-state index contributed by atoms with van der Waals surface area (Å²) >= 11 is 5.42. The molecule has 2 unspecified atom stereocenters. The number of nitrogens with zero attached hydrogens (tertiary/aromatic N) is 3. The number of hydrogen-bond donors (Lipinski definition) is 4. The molecular formula is C11H14ClN5O4. The van der Waals surface area contributed by atoms with Crippen LogP contribution in [-0.4, -0.2) is 49.6 Å². The van der Waals surface area contributed by atoms with Crippen molar-refractivity contribution in [3.05, 3.63) is 16.8 Å². The predicted octanol–water partition coefficient (Wildman–Crippen LogP) is -2.38. The Morgan fingerprint density at radius 3 is 2.76 bits per heavy atom. The number of halogens is 1. The molecule has 114 valence electrons. The van der Waals surface area contributed by atoms with Crippen molar-refractivity contribution in [2.24, 2.45) is 11.7 Å². The van der Waals surface area contributed by atoms with E-state index in [1.54, 1.807) is 0 Å². The number of nitrogens with two attached hydrogens (primary N) is 2. The Hall–Kier alpha value is -1.70. The van der Waals surface area contributed by atoms with Crippen LogP contribution in [-0.2, 0) is 4.74 Å². The highest BCUT2D eigenvalue weighted by atomic mass is 35.5. The minimum absolute atomic E-state index is 0.197. The third kappa shape index (κ3) is 2.59. The van der Waals surface area contributed by atoms with Gasteiger partial charge in [-0.05, 0) is 11.6 Å². The van der Waals surface area contributed by atoms with Crippen LogP contribution in [0.5, 0.6) is 0 Å². The van der Waals surface area contributed by atoms with Crippen molar-refractivity contribution < 1.29 is 14.9 Å². The molecule has 1 aromatic rings. The van der Waals surface area contributed by atoms with E-state index in [1.807, 2.05) is 0 Å². The number of ether oxygens (including phenoxy) is 1. The molecule has 1 saturated heterocycles. The molecule has 2 rings (SSSR count). The molecule has 0 amide bonds. The molecule has 9 nitrogen and oxygen atoms in total. The lowest BCUT2D eigenvalue weighted by molar-refractivity contribution is -0.0414. The van der Waals surface area contributed by atoms with Gasteiger partial charge in [0.25, 0.3) is 0 Å². The van der Waals surface area contributed by atoms with Crippen LogP contribution in [0, 0.1) is 17.2 Å². The highest BCUT2D eigenvalue weighted by Crippen LogP contribution is 2.39. The van der Waals surface area contributed by atoms with E-state index in [1.165, 1.54) is 0 Å². The number of anilines is 1. The summed E-state index contributed by atoms with van der Waals surface area (Å²) in [5.74, 6) is 1.58. The van der Waals surface area contributed by atoms with Crippen molar-refractivity contribution in [1.29, 1.82) is 0 Å². The van der Waals surface area contributed by atoms with Crippen LogP contribution in [0.15, 0.2) is 11.1 Å². The van der Waals surface area contributed by atoms with Crippen molar-refractivity contribution in [2.75, 3.05) is 18.9 Å². The third-order valence-electron chi connectivity index (χ3n) is 3.41. The molecule has 1 aromatic heterocycles. The van der Waals surface area contributed by atoms with E-state index in [0.717, 1.165) is 10.9 Å². The van der Waals surface area contributed by atoms with Gasteiger partial charge in [0.05, 0.1) is 19.3 Å². The van der Waals surface area contributed by atoms with Crippen molar-refractivity contribution in [2.45, 2.75) is 17.9 Å². The third-order valence-corrected chi connectivity index (χ3v) is 3.51. The Bertz CT molecular complexity index is 641. The van der Waals surface area contributed by atoms with Gasteiger partial charge in [0.15, 0.2) is 6.23 Å². The first-order valence-corrected chi connectivity index (χ1v) is 6.35. The zero-order chi connectivity index (χ0) is 15.6. The summed E-state index contributed by atoms with van der Waals surface area (Å²) in [5.41, 5.74) is 9.26. The van der Waals surface area contributed by atoms with Crippen LogP contribution >= 0.6 is 11.6 Å². The average molecular weight is 316 g/mol. The fourth-order valence-corrected chi connectivity index (χ4v) is 2.51. The summed E-state index contributed by atoms with van der Waals surface area (Å²) in [5, 5.41) is 21.0. The second-order valence-corrected chi connectivity index (χ2v) is 4.74. The molecule has 21 heavy (non-hydrogen) atoms. The molecule has 0 spiro atoms. The SMILES string of the molecule is Nc1ncn([C@@H]2O[C@H](CO)C(CO)C2(N)C#CCl)c(=O)n1. The first kappa shape index (κ1) is 15.7. The molecule has 1 aliphatic heterocycles. The Balaban J connectivity index is 2.54. The molecule has 0 saturated carbocycles. The highest BCUT2D eigenvalue weighted by molar-refractivity contribution is 6.30. The molecule has 1 aliphatic rings. The second-order valence-electron chi connectivity index (χ2n) is 4.56. The van der Waals surface area contributed by atoms with Gasteiger partial charge in [0.2, 0.25) is 5.95 Å². The number of aliphatic hydroxyl groups is 2. The van der Waals surface area contributed by atoms with Crippen LogP contribution in [0.25, 0.3) is 0 Å².